The van der Waals surface area contributed by atoms with Crippen LogP contribution in [0.15, 0.2) is 60.7 Å². The predicted octanol–water partition coefficient (Wildman–Crippen LogP) is 3.51. The molecule has 0 radical (unpaired) electrons. The highest BCUT2D eigenvalue weighted by molar-refractivity contribution is 6.30. The fourth-order valence-corrected chi connectivity index (χ4v) is 4.06. The smallest absolute Gasteiger partial charge is 0.339 e. The van der Waals surface area contributed by atoms with Gasteiger partial charge in [0, 0.05) is 27.8 Å². The lowest BCUT2D eigenvalue weighted by Gasteiger charge is -2.20. The lowest BCUT2D eigenvalue weighted by molar-refractivity contribution is -0.124. The number of ether oxygens (including phenoxy) is 3. The number of methoxy groups -OCH3 is 2. The first kappa shape index (κ1) is 23.7. The normalized spacial score (nSPS) is 12.8. The van der Waals surface area contributed by atoms with Crippen molar-refractivity contribution in [3.8, 4) is 11.5 Å². The Hall–Kier alpha value is -4.46. The Kier molecular flexibility index (Phi) is 6.64. The van der Waals surface area contributed by atoms with E-state index in [1.54, 1.807) is 49.4 Å². The first-order chi connectivity index (χ1) is 16.8. The highest BCUT2D eigenvalue weighted by Gasteiger charge is 2.33. The molecule has 0 spiro atoms. The molecule has 0 bridgehead atoms. The number of fused-ring (bicyclic) bond motifs is 2. The highest BCUT2D eigenvalue weighted by Crippen LogP contribution is 2.31. The van der Waals surface area contributed by atoms with E-state index in [1.807, 2.05) is 0 Å². The molecule has 1 N–H and O–H groups in total. The van der Waals surface area contributed by atoms with Gasteiger partial charge >= 0.3 is 5.97 Å². The van der Waals surface area contributed by atoms with Gasteiger partial charge in [0.2, 0.25) is 0 Å². The Bertz CT molecular complexity index is 1350. The van der Waals surface area contributed by atoms with Crippen molar-refractivity contribution >= 4 is 23.4 Å². The van der Waals surface area contributed by atoms with E-state index >= 15 is 0 Å². The summed E-state index contributed by atoms with van der Waals surface area (Å²) in [4.78, 5) is 51.3. The van der Waals surface area contributed by atoms with E-state index in [0.717, 1.165) is 0 Å². The number of hydrogen-bond acceptors (Lipinski definition) is 7. The van der Waals surface area contributed by atoms with Crippen LogP contribution in [0.4, 0.5) is 0 Å². The maximum Gasteiger partial charge on any atom is 0.339 e. The maximum atomic E-state index is 13.1. The molecule has 3 aromatic carbocycles. The quantitative estimate of drug-likeness (QED) is 0.409. The molecule has 0 saturated heterocycles. The van der Waals surface area contributed by atoms with E-state index in [4.69, 9.17) is 14.2 Å². The first-order valence-corrected chi connectivity index (χ1v) is 10.9. The minimum absolute atomic E-state index is 0.0175. The zero-order chi connectivity index (χ0) is 25.1. The minimum Gasteiger partial charge on any atom is -0.497 e. The second-order valence-electron chi connectivity index (χ2n) is 7.91. The van der Waals surface area contributed by atoms with Gasteiger partial charge < -0.3 is 19.5 Å². The summed E-state index contributed by atoms with van der Waals surface area (Å²) in [6, 6.07) is 15.6. The molecule has 0 saturated carbocycles. The molecule has 1 amide bonds. The van der Waals surface area contributed by atoms with Gasteiger partial charge in [-0.05, 0) is 31.2 Å². The summed E-state index contributed by atoms with van der Waals surface area (Å²) >= 11 is 0. The molecular weight excluding hydrogens is 450 g/mol. The Morgan fingerprint density at radius 2 is 1.54 bits per heavy atom. The van der Waals surface area contributed by atoms with E-state index in [2.05, 4.69) is 5.32 Å². The van der Waals surface area contributed by atoms with Crippen LogP contribution in [0.1, 0.15) is 60.7 Å². The second kappa shape index (κ2) is 9.80. The number of hydrogen-bond donors (Lipinski definition) is 1. The van der Waals surface area contributed by atoms with Gasteiger partial charge in [0.05, 0.1) is 25.8 Å². The number of benzene rings is 3. The van der Waals surface area contributed by atoms with Gasteiger partial charge in [-0.25, -0.2) is 4.79 Å². The summed E-state index contributed by atoms with van der Waals surface area (Å²) in [5, 5.41) is 2.75. The molecule has 8 nitrogen and oxygen atoms in total. The molecule has 1 aliphatic carbocycles. The summed E-state index contributed by atoms with van der Waals surface area (Å²) in [7, 11) is 3.06. The van der Waals surface area contributed by atoms with Crippen molar-refractivity contribution in [1.29, 1.82) is 0 Å². The molecule has 0 aromatic heterocycles. The molecule has 0 heterocycles. The zero-order valence-electron chi connectivity index (χ0n) is 19.4. The third kappa shape index (κ3) is 4.50. The number of carbonyl (C=O) groups is 4. The van der Waals surface area contributed by atoms with Crippen molar-refractivity contribution in [2.24, 2.45) is 0 Å². The van der Waals surface area contributed by atoms with E-state index in [1.165, 1.54) is 32.4 Å². The molecule has 35 heavy (non-hydrogen) atoms. The Morgan fingerprint density at radius 3 is 2.23 bits per heavy atom. The van der Waals surface area contributed by atoms with Gasteiger partial charge in [-0.2, -0.15) is 0 Å². The third-order valence-electron chi connectivity index (χ3n) is 5.79. The van der Waals surface area contributed by atoms with Crippen LogP contribution in [0.2, 0.25) is 0 Å². The Balaban J connectivity index is 1.48. The fourth-order valence-electron chi connectivity index (χ4n) is 4.06. The van der Waals surface area contributed by atoms with Crippen LogP contribution in [-0.2, 0) is 9.53 Å². The van der Waals surface area contributed by atoms with Gasteiger partial charge in [0.25, 0.3) is 5.91 Å². The van der Waals surface area contributed by atoms with Crippen LogP contribution in [0, 0.1) is 0 Å². The van der Waals surface area contributed by atoms with Gasteiger partial charge in [-0.15, -0.1) is 0 Å². The number of nitrogens with one attached hydrogen (secondary N) is 1. The van der Waals surface area contributed by atoms with Crippen LogP contribution < -0.4 is 14.8 Å². The predicted molar refractivity (Wildman–Crippen MR) is 126 cm³/mol. The summed E-state index contributed by atoms with van der Waals surface area (Å²) < 4.78 is 15.8. The number of ketones is 2. The summed E-state index contributed by atoms with van der Waals surface area (Å²) in [6.45, 7) is 1.18. The molecule has 8 heteroatoms. The molecule has 0 aliphatic heterocycles. The van der Waals surface area contributed by atoms with Gasteiger partial charge in [-0.1, -0.05) is 36.4 Å². The SMILES string of the molecule is COc1ccc(OC)c(C(C)NC(=O)COC(=O)c2cccc3c2C(=O)c2ccccc2C3=O)c1. The van der Waals surface area contributed by atoms with E-state index in [-0.39, 0.29) is 33.6 Å². The average molecular weight is 473 g/mol. The molecule has 1 atom stereocenters. The molecule has 1 unspecified atom stereocenters. The van der Waals surface area contributed by atoms with E-state index in [9.17, 15) is 19.2 Å². The lowest BCUT2D eigenvalue weighted by atomic mass is 9.82. The van der Waals surface area contributed by atoms with Crippen molar-refractivity contribution < 1.29 is 33.4 Å². The maximum absolute atomic E-state index is 13.1. The standard InChI is InChI=1S/C27H23NO7/c1-15(21-13-16(33-2)11-12-22(21)34-3)28-23(29)14-35-27(32)20-10-6-9-19-24(20)26(31)18-8-5-4-7-17(18)25(19)30/h4-13,15H,14H2,1-3H3,(H,28,29). The summed E-state index contributed by atoms with van der Waals surface area (Å²) in [5.41, 5.74) is 1.25. The average Bonchev–Trinajstić information content (AvgIpc) is 2.89. The van der Waals surface area contributed by atoms with Crippen molar-refractivity contribution in [3.63, 3.8) is 0 Å². The van der Waals surface area contributed by atoms with Crippen LogP contribution in [0.3, 0.4) is 0 Å². The van der Waals surface area contributed by atoms with Crippen LogP contribution in [0.25, 0.3) is 0 Å². The summed E-state index contributed by atoms with van der Waals surface area (Å²) in [5.74, 6) is -1.04. The van der Waals surface area contributed by atoms with Gasteiger partial charge in [-0.3, -0.25) is 14.4 Å². The van der Waals surface area contributed by atoms with E-state index < -0.39 is 30.3 Å². The third-order valence-corrected chi connectivity index (χ3v) is 5.79. The monoisotopic (exact) mass is 473 g/mol. The Morgan fingerprint density at radius 1 is 0.857 bits per heavy atom. The van der Waals surface area contributed by atoms with Crippen LogP contribution >= 0.6 is 0 Å². The zero-order valence-corrected chi connectivity index (χ0v) is 19.4. The molecule has 178 valence electrons. The molecule has 0 fully saturated rings. The van der Waals surface area contributed by atoms with E-state index in [0.29, 0.717) is 17.1 Å². The molecule has 1 aliphatic rings. The number of carbonyl (C=O) groups excluding carboxylic acids is 4. The molecule has 4 rings (SSSR count). The summed E-state index contributed by atoms with van der Waals surface area (Å²) in [6.07, 6.45) is 0. The Labute approximate surface area is 201 Å². The second-order valence-corrected chi connectivity index (χ2v) is 7.91. The largest absolute Gasteiger partial charge is 0.497 e. The van der Waals surface area contributed by atoms with Crippen molar-refractivity contribution in [3.05, 3.63) is 94.0 Å². The topological polar surface area (TPSA) is 108 Å². The molecule has 3 aromatic rings. The highest BCUT2D eigenvalue weighted by atomic mass is 16.5. The minimum atomic E-state index is -0.871. The number of rotatable bonds is 7. The lowest BCUT2D eigenvalue weighted by Crippen LogP contribution is -2.32. The van der Waals surface area contributed by atoms with Crippen LogP contribution in [-0.4, -0.2) is 44.3 Å². The first-order valence-electron chi connectivity index (χ1n) is 10.9. The van der Waals surface area contributed by atoms with Gasteiger partial charge in [0.1, 0.15) is 11.5 Å². The van der Waals surface area contributed by atoms with Crippen molar-refractivity contribution in [2.45, 2.75) is 13.0 Å². The van der Waals surface area contributed by atoms with Crippen molar-refractivity contribution in [2.75, 3.05) is 20.8 Å². The van der Waals surface area contributed by atoms with Crippen molar-refractivity contribution in [1.82, 2.24) is 5.32 Å². The molecular formula is C27H23NO7. The fraction of sp³-hybridized carbons (Fsp3) is 0.185. The van der Waals surface area contributed by atoms with Crippen LogP contribution in [0.5, 0.6) is 11.5 Å². The van der Waals surface area contributed by atoms with Gasteiger partial charge in [0.15, 0.2) is 18.2 Å². The number of amides is 1. The number of esters is 1.